The summed E-state index contributed by atoms with van der Waals surface area (Å²) in [5.74, 6) is 0.579. The van der Waals surface area contributed by atoms with E-state index in [-0.39, 0.29) is 5.75 Å². The van der Waals surface area contributed by atoms with Crippen molar-refractivity contribution in [2.24, 2.45) is 0 Å². The Hall–Kier alpha value is -3.33. The second-order valence-electron chi connectivity index (χ2n) is 7.11. The first-order valence-electron chi connectivity index (χ1n) is 9.74. The Morgan fingerprint density at radius 2 is 1.74 bits per heavy atom. The van der Waals surface area contributed by atoms with Crippen LogP contribution in [0.1, 0.15) is 6.42 Å². The zero-order chi connectivity index (χ0) is 22.3. The monoisotopic (exact) mass is 431 g/mol. The lowest BCUT2D eigenvalue weighted by molar-refractivity contribution is -0.274. The minimum absolute atomic E-state index is 0.308. The number of anilines is 3. The van der Waals surface area contributed by atoms with Crippen LogP contribution in [-0.2, 0) is 0 Å². The molecule has 1 heterocycles. The van der Waals surface area contributed by atoms with E-state index >= 15 is 0 Å². The van der Waals surface area contributed by atoms with Gasteiger partial charge in [-0.3, -0.25) is 0 Å². The van der Waals surface area contributed by atoms with Crippen molar-refractivity contribution in [2.45, 2.75) is 12.8 Å². The Bertz CT molecular complexity index is 980. The highest BCUT2D eigenvalue weighted by atomic mass is 19.4. The molecule has 0 fully saturated rings. The van der Waals surface area contributed by atoms with E-state index in [9.17, 15) is 13.2 Å². The second-order valence-corrected chi connectivity index (χ2v) is 7.11. The zero-order valence-corrected chi connectivity index (χ0v) is 17.3. The summed E-state index contributed by atoms with van der Waals surface area (Å²) in [7, 11) is 4.01. The molecule has 31 heavy (non-hydrogen) atoms. The Morgan fingerprint density at radius 1 is 0.968 bits per heavy atom. The number of rotatable bonds is 9. The summed E-state index contributed by atoms with van der Waals surface area (Å²) in [5.41, 5.74) is 2.01. The van der Waals surface area contributed by atoms with Gasteiger partial charge < -0.3 is 20.3 Å². The van der Waals surface area contributed by atoms with Crippen LogP contribution in [0.3, 0.4) is 0 Å². The molecule has 0 saturated carbocycles. The SMILES string of the molecule is CN(C)CCCNc1nc(Nc2cccc(OC(F)(F)F)c2)cc(-c2ccccc2)n1. The van der Waals surface area contributed by atoms with E-state index in [1.807, 2.05) is 44.4 Å². The van der Waals surface area contributed by atoms with E-state index in [4.69, 9.17) is 0 Å². The minimum atomic E-state index is -4.75. The standard InChI is InChI=1S/C22H24F3N5O/c1-30(2)13-7-12-26-21-28-19(16-8-4-3-5-9-16)15-20(29-21)27-17-10-6-11-18(14-17)31-22(23,24)25/h3-6,8-11,14-15H,7,12-13H2,1-2H3,(H2,26,27,28,29). The number of nitrogens with zero attached hydrogens (tertiary/aromatic N) is 3. The first-order valence-corrected chi connectivity index (χ1v) is 9.74. The predicted molar refractivity (Wildman–Crippen MR) is 116 cm³/mol. The third-order valence-electron chi connectivity index (χ3n) is 4.20. The fourth-order valence-electron chi connectivity index (χ4n) is 2.86. The van der Waals surface area contributed by atoms with E-state index < -0.39 is 6.36 Å². The van der Waals surface area contributed by atoms with Crippen LogP contribution in [-0.4, -0.2) is 48.4 Å². The molecular weight excluding hydrogens is 407 g/mol. The average molecular weight is 431 g/mol. The molecule has 2 aromatic carbocycles. The third kappa shape index (κ3) is 7.45. The van der Waals surface area contributed by atoms with Crippen molar-refractivity contribution >= 4 is 17.5 Å². The highest BCUT2D eigenvalue weighted by Crippen LogP contribution is 2.28. The van der Waals surface area contributed by atoms with Crippen LogP contribution in [0.2, 0.25) is 0 Å². The molecule has 0 spiro atoms. The van der Waals surface area contributed by atoms with Gasteiger partial charge in [-0.05, 0) is 39.2 Å². The number of alkyl halides is 3. The molecule has 3 aromatic rings. The number of ether oxygens (including phenoxy) is 1. The van der Waals surface area contributed by atoms with E-state index in [2.05, 4.69) is 30.2 Å². The first kappa shape index (κ1) is 22.4. The molecule has 0 aliphatic heterocycles. The minimum Gasteiger partial charge on any atom is -0.406 e. The normalized spacial score (nSPS) is 11.4. The average Bonchev–Trinajstić information content (AvgIpc) is 2.71. The number of hydrogen-bond donors (Lipinski definition) is 2. The highest BCUT2D eigenvalue weighted by Gasteiger charge is 2.31. The fourth-order valence-corrected chi connectivity index (χ4v) is 2.86. The molecule has 0 aliphatic rings. The Balaban J connectivity index is 1.83. The zero-order valence-electron chi connectivity index (χ0n) is 17.3. The van der Waals surface area contributed by atoms with E-state index in [0.29, 0.717) is 29.7 Å². The van der Waals surface area contributed by atoms with Gasteiger partial charge in [-0.2, -0.15) is 4.98 Å². The maximum atomic E-state index is 12.5. The number of halogens is 3. The predicted octanol–water partition coefficient (Wildman–Crippen LogP) is 5.15. The fraction of sp³-hybridized carbons (Fsp3) is 0.273. The number of aromatic nitrogens is 2. The van der Waals surface area contributed by atoms with Crippen LogP contribution in [0.15, 0.2) is 60.7 Å². The van der Waals surface area contributed by atoms with Gasteiger partial charge in [-0.15, -0.1) is 13.2 Å². The summed E-state index contributed by atoms with van der Waals surface area (Å²) in [6.45, 7) is 1.60. The van der Waals surface area contributed by atoms with E-state index in [1.54, 1.807) is 12.1 Å². The number of benzene rings is 2. The summed E-state index contributed by atoms with van der Waals surface area (Å²) in [5, 5.41) is 6.26. The Labute approximate surface area is 179 Å². The van der Waals surface area contributed by atoms with Gasteiger partial charge in [0.25, 0.3) is 0 Å². The molecule has 2 N–H and O–H groups in total. The van der Waals surface area contributed by atoms with Crippen LogP contribution in [0.5, 0.6) is 5.75 Å². The lowest BCUT2D eigenvalue weighted by Gasteiger charge is -2.14. The lowest BCUT2D eigenvalue weighted by atomic mass is 10.1. The second kappa shape index (κ2) is 10.1. The molecule has 0 radical (unpaired) electrons. The molecule has 6 nitrogen and oxygen atoms in total. The summed E-state index contributed by atoms with van der Waals surface area (Å²) in [6, 6.07) is 17.0. The largest absolute Gasteiger partial charge is 0.573 e. The van der Waals surface area contributed by atoms with Gasteiger partial charge in [-0.1, -0.05) is 36.4 Å². The van der Waals surface area contributed by atoms with E-state index in [0.717, 1.165) is 18.5 Å². The van der Waals surface area contributed by atoms with Crippen LogP contribution in [0, 0.1) is 0 Å². The van der Waals surface area contributed by atoms with Gasteiger partial charge >= 0.3 is 6.36 Å². The highest BCUT2D eigenvalue weighted by molar-refractivity contribution is 5.67. The van der Waals surface area contributed by atoms with Crippen LogP contribution in [0.25, 0.3) is 11.3 Å². The molecular formula is C22H24F3N5O. The van der Waals surface area contributed by atoms with E-state index in [1.165, 1.54) is 18.2 Å². The summed E-state index contributed by atoms with van der Waals surface area (Å²) >= 11 is 0. The van der Waals surface area contributed by atoms with Gasteiger partial charge in [0, 0.05) is 29.9 Å². The molecule has 0 amide bonds. The van der Waals surface area contributed by atoms with Crippen molar-refractivity contribution in [3.8, 4) is 17.0 Å². The van der Waals surface area contributed by atoms with Crippen LogP contribution in [0.4, 0.5) is 30.6 Å². The summed E-state index contributed by atoms with van der Waals surface area (Å²) in [6.07, 6.45) is -3.84. The van der Waals surface area contributed by atoms with Crippen LogP contribution >= 0.6 is 0 Å². The van der Waals surface area contributed by atoms with Gasteiger partial charge in [0.15, 0.2) is 0 Å². The Kier molecular flexibility index (Phi) is 7.30. The smallest absolute Gasteiger partial charge is 0.406 e. The quantitative estimate of drug-likeness (QED) is 0.457. The van der Waals surface area contributed by atoms with Gasteiger partial charge in [-0.25, -0.2) is 4.98 Å². The van der Waals surface area contributed by atoms with Crippen molar-refractivity contribution in [2.75, 3.05) is 37.8 Å². The van der Waals surface area contributed by atoms with Crippen molar-refractivity contribution in [1.29, 1.82) is 0 Å². The molecule has 9 heteroatoms. The van der Waals surface area contributed by atoms with Gasteiger partial charge in [0.1, 0.15) is 11.6 Å². The molecule has 164 valence electrons. The molecule has 1 aromatic heterocycles. The van der Waals surface area contributed by atoms with Gasteiger partial charge in [0.2, 0.25) is 5.95 Å². The summed E-state index contributed by atoms with van der Waals surface area (Å²) in [4.78, 5) is 11.1. The van der Waals surface area contributed by atoms with Gasteiger partial charge in [0.05, 0.1) is 5.69 Å². The molecule has 0 unspecified atom stereocenters. The van der Waals surface area contributed by atoms with Crippen molar-refractivity contribution in [3.63, 3.8) is 0 Å². The Morgan fingerprint density at radius 3 is 2.45 bits per heavy atom. The lowest BCUT2D eigenvalue weighted by Crippen LogP contribution is -2.17. The number of nitrogens with one attached hydrogen (secondary N) is 2. The topological polar surface area (TPSA) is 62.3 Å². The molecule has 0 atom stereocenters. The molecule has 0 bridgehead atoms. The maximum absolute atomic E-state index is 12.5. The van der Waals surface area contributed by atoms with Crippen molar-refractivity contribution < 1.29 is 17.9 Å². The summed E-state index contributed by atoms with van der Waals surface area (Å²) < 4.78 is 41.5. The molecule has 0 saturated heterocycles. The van der Waals surface area contributed by atoms with Crippen molar-refractivity contribution in [3.05, 3.63) is 60.7 Å². The molecule has 0 aliphatic carbocycles. The first-order chi connectivity index (χ1) is 14.8. The maximum Gasteiger partial charge on any atom is 0.573 e. The molecule has 3 rings (SSSR count). The van der Waals surface area contributed by atoms with Crippen molar-refractivity contribution in [1.82, 2.24) is 14.9 Å². The number of hydrogen-bond acceptors (Lipinski definition) is 6. The van der Waals surface area contributed by atoms with Crippen LogP contribution < -0.4 is 15.4 Å². The third-order valence-corrected chi connectivity index (χ3v) is 4.20.